The molecule has 228 valence electrons. The summed E-state index contributed by atoms with van der Waals surface area (Å²) in [6, 6.07) is 19.1. The van der Waals surface area contributed by atoms with E-state index in [1.165, 1.54) is 46.6 Å². The Hall–Kier alpha value is -4.49. The highest BCUT2D eigenvalue weighted by atomic mass is 32.1. The van der Waals surface area contributed by atoms with E-state index >= 15 is 0 Å². The summed E-state index contributed by atoms with van der Waals surface area (Å²) >= 11 is 7.10. The quantitative estimate of drug-likeness (QED) is 0.183. The van der Waals surface area contributed by atoms with Crippen molar-refractivity contribution in [3.8, 4) is 34.3 Å². The number of thiocarbonyl (C=S) groups is 1. The number of rotatable bonds is 8. The largest absolute Gasteiger partial charge is 0.573 e. The van der Waals surface area contributed by atoms with E-state index in [0.29, 0.717) is 23.2 Å². The van der Waals surface area contributed by atoms with Crippen molar-refractivity contribution in [2.24, 2.45) is 4.99 Å². The van der Waals surface area contributed by atoms with E-state index in [9.17, 15) is 13.2 Å². The highest BCUT2D eigenvalue weighted by Crippen LogP contribution is 2.28. The van der Waals surface area contributed by atoms with Crippen LogP contribution in [0.1, 0.15) is 36.6 Å². The molecule has 0 saturated heterocycles. The number of nitrogens with zero attached hydrogens (tertiary/aromatic N) is 5. The van der Waals surface area contributed by atoms with Gasteiger partial charge < -0.3 is 14.8 Å². The van der Waals surface area contributed by atoms with E-state index < -0.39 is 6.36 Å². The molecule has 0 unspecified atom stereocenters. The molecule has 0 radical (unpaired) electrons. The van der Waals surface area contributed by atoms with Gasteiger partial charge in [0.25, 0.3) is 0 Å². The Balaban J connectivity index is 1.25. The smallest absolute Gasteiger partial charge is 0.497 e. The maximum Gasteiger partial charge on any atom is 0.573 e. The fraction of sp³-hybridized carbons (Fsp3) is 0.226. The SMILES string of the molecule is COc1ccc(-n2c(C)cs/c2=N\C(=S)NCc2ccc(-c3ncn(-c4ccc(OC(F)(F)F)cc4)n3)cc2)c(C(C)C)c1. The molecule has 0 spiro atoms. The van der Waals surface area contributed by atoms with Crippen LogP contribution in [0, 0.1) is 6.92 Å². The Morgan fingerprint density at radius 1 is 1.05 bits per heavy atom. The fourth-order valence-electron chi connectivity index (χ4n) is 4.49. The van der Waals surface area contributed by atoms with Crippen LogP contribution < -0.4 is 19.6 Å². The lowest BCUT2D eigenvalue weighted by Crippen LogP contribution is -2.24. The number of thiazole rings is 1. The van der Waals surface area contributed by atoms with E-state index in [4.69, 9.17) is 21.9 Å². The predicted molar refractivity (Wildman–Crippen MR) is 168 cm³/mol. The molecular formula is C31H29F3N6O2S2. The Morgan fingerprint density at radius 2 is 1.75 bits per heavy atom. The van der Waals surface area contributed by atoms with Gasteiger partial charge >= 0.3 is 6.36 Å². The van der Waals surface area contributed by atoms with Crippen molar-refractivity contribution < 1.29 is 22.6 Å². The van der Waals surface area contributed by atoms with Crippen molar-refractivity contribution in [1.29, 1.82) is 0 Å². The molecule has 0 aliphatic carbocycles. The molecule has 0 aliphatic rings. The zero-order chi connectivity index (χ0) is 31.4. The number of nitrogens with one attached hydrogen (secondary N) is 1. The molecule has 13 heteroatoms. The zero-order valence-corrected chi connectivity index (χ0v) is 25.9. The summed E-state index contributed by atoms with van der Waals surface area (Å²) < 4.78 is 50.2. The molecule has 0 aliphatic heterocycles. The first-order chi connectivity index (χ1) is 21.0. The van der Waals surface area contributed by atoms with Gasteiger partial charge in [-0.3, -0.25) is 4.57 Å². The maximum absolute atomic E-state index is 12.4. The van der Waals surface area contributed by atoms with Crippen LogP contribution in [0.5, 0.6) is 11.5 Å². The van der Waals surface area contributed by atoms with Crippen molar-refractivity contribution in [3.63, 3.8) is 0 Å². The summed E-state index contributed by atoms with van der Waals surface area (Å²) in [5, 5.41) is 10.1. The van der Waals surface area contributed by atoms with Gasteiger partial charge in [0.15, 0.2) is 15.7 Å². The third-order valence-electron chi connectivity index (χ3n) is 6.66. The summed E-state index contributed by atoms with van der Waals surface area (Å²) in [7, 11) is 1.66. The molecular weight excluding hydrogens is 610 g/mol. The minimum absolute atomic E-state index is 0.282. The molecule has 44 heavy (non-hydrogen) atoms. The maximum atomic E-state index is 12.4. The number of aromatic nitrogens is 4. The Kier molecular flexibility index (Phi) is 9.16. The van der Waals surface area contributed by atoms with Gasteiger partial charge in [0, 0.05) is 23.2 Å². The molecule has 5 aromatic rings. The van der Waals surface area contributed by atoms with Crippen LogP contribution in [0.25, 0.3) is 22.8 Å². The molecule has 0 atom stereocenters. The summed E-state index contributed by atoms with van der Waals surface area (Å²) in [6.45, 7) is 6.81. The van der Waals surface area contributed by atoms with Gasteiger partial charge in [-0.05, 0) is 78.7 Å². The second-order valence-electron chi connectivity index (χ2n) is 10.1. The monoisotopic (exact) mass is 638 g/mol. The number of hydrogen-bond donors (Lipinski definition) is 1. The average Bonchev–Trinajstić information content (AvgIpc) is 3.62. The standard InChI is InChI=1S/C31H29F3N6O2S2/c1-19(2)26-15-25(41-4)13-14-27(26)40-20(3)17-44-30(40)37-29(43)35-16-21-5-7-22(8-6-21)28-36-18-39(38-28)23-9-11-24(12-10-23)42-31(32,33)34/h5-15,17-19H,16H2,1-4H3,(H,35,43)/b37-30-. The third-order valence-corrected chi connectivity index (χ3v) is 7.84. The first-order valence-electron chi connectivity index (χ1n) is 13.6. The first-order valence-corrected chi connectivity index (χ1v) is 14.8. The molecule has 1 N–H and O–H groups in total. The molecule has 3 aromatic carbocycles. The van der Waals surface area contributed by atoms with Crippen LogP contribution in [0.4, 0.5) is 13.2 Å². The molecule has 0 amide bonds. The number of aryl methyl sites for hydroxylation is 1. The molecule has 8 nitrogen and oxygen atoms in total. The van der Waals surface area contributed by atoms with Gasteiger partial charge in [-0.15, -0.1) is 29.6 Å². The number of ether oxygens (including phenoxy) is 2. The molecule has 2 heterocycles. The number of halogens is 3. The number of alkyl halides is 3. The molecule has 0 fully saturated rings. The summed E-state index contributed by atoms with van der Waals surface area (Å²) in [4.78, 5) is 9.83. The second-order valence-corrected chi connectivity index (χ2v) is 11.3. The van der Waals surface area contributed by atoms with Crippen LogP contribution in [0.2, 0.25) is 0 Å². The van der Waals surface area contributed by atoms with Crippen molar-refractivity contribution in [2.45, 2.75) is 39.6 Å². The molecule has 2 aromatic heterocycles. The lowest BCUT2D eigenvalue weighted by molar-refractivity contribution is -0.274. The van der Waals surface area contributed by atoms with Gasteiger partial charge in [-0.2, -0.15) is 4.99 Å². The van der Waals surface area contributed by atoms with E-state index in [2.05, 4.69) is 50.0 Å². The van der Waals surface area contributed by atoms with E-state index in [-0.39, 0.29) is 11.7 Å². The molecule has 5 rings (SSSR count). The van der Waals surface area contributed by atoms with E-state index in [1.54, 1.807) is 7.11 Å². The van der Waals surface area contributed by atoms with Crippen LogP contribution in [-0.4, -0.2) is 37.9 Å². The van der Waals surface area contributed by atoms with Crippen LogP contribution in [-0.2, 0) is 6.54 Å². The highest BCUT2D eigenvalue weighted by molar-refractivity contribution is 7.80. The van der Waals surface area contributed by atoms with Crippen molar-refractivity contribution in [3.05, 3.63) is 100 Å². The van der Waals surface area contributed by atoms with E-state index in [0.717, 1.165) is 38.6 Å². The van der Waals surface area contributed by atoms with Crippen molar-refractivity contribution >= 4 is 28.7 Å². The van der Waals surface area contributed by atoms with Gasteiger partial charge in [-0.25, -0.2) is 9.67 Å². The minimum atomic E-state index is -4.75. The lowest BCUT2D eigenvalue weighted by Gasteiger charge is -2.16. The summed E-state index contributed by atoms with van der Waals surface area (Å²) in [5.41, 5.74) is 5.57. The summed E-state index contributed by atoms with van der Waals surface area (Å²) in [6.07, 6.45) is -3.25. The Labute approximate surface area is 261 Å². The Morgan fingerprint density at radius 3 is 2.41 bits per heavy atom. The lowest BCUT2D eigenvalue weighted by atomic mass is 10.0. The topological polar surface area (TPSA) is 78.5 Å². The number of methoxy groups -OCH3 is 1. The molecule has 0 saturated carbocycles. The molecule has 0 bridgehead atoms. The normalized spacial score (nSPS) is 12.0. The number of hydrogen-bond acceptors (Lipinski definition) is 6. The predicted octanol–water partition coefficient (Wildman–Crippen LogP) is 7.10. The average molecular weight is 639 g/mol. The second kappa shape index (κ2) is 13.0. The summed E-state index contributed by atoms with van der Waals surface area (Å²) in [5.74, 6) is 1.26. The van der Waals surface area contributed by atoms with Crippen LogP contribution >= 0.6 is 23.6 Å². The van der Waals surface area contributed by atoms with Crippen LogP contribution in [0.15, 0.2) is 83.4 Å². The Bertz CT molecular complexity index is 1820. The highest BCUT2D eigenvalue weighted by Gasteiger charge is 2.31. The fourth-order valence-corrected chi connectivity index (χ4v) is 5.57. The van der Waals surface area contributed by atoms with Crippen molar-refractivity contribution in [2.75, 3.05) is 7.11 Å². The van der Waals surface area contributed by atoms with Crippen molar-refractivity contribution in [1.82, 2.24) is 24.6 Å². The van der Waals surface area contributed by atoms with Gasteiger partial charge in [0.2, 0.25) is 0 Å². The first kappa shape index (κ1) is 31.0. The van der Waals surface area contributed by atoms with Gasteiger partial charge in [0.1, 0.15) is 17.8 Å². The number of benzene rings is 3. The third kappa shape index (κ3) is 7.34. The van der Waals surface area contributed by atoms with Crippen LogP contribution in [0.3, 0.4) is 0 Å². The van der Waals surface area contributed by atoms with Gasteiger partial charge in [-0.1, -0.05) is 38.1 Å². The minimum Gasteiger partial charge on any atom is -0.497 e. The zero-order valence-electron chi connectivity index (χ0n) is 24.3. The van der Waals surface area contributed by atoms with E-state index in [1.807, 2.05) is 43.3 Å². The van der Waals surface area contributed by atoms with Gasteiger partial charge in [0.05, 0.1) is 18.5 Å².